The number of hydrogen-bond acceptors (Lipinski definition) is 5. The van der Waals surface area contributed by atoms with Crippen LogP contribution in [0.15, 0.2) is 18.2 Å². The number of nitro groups is 1. The van der Waals surface area contributed by atoms with Gasteiger partial charge in [0.15, 0.2) is 5.75 Å². The maximum absolute atomic E-state index is 12.1. The third kappa shape index (κ3) is 3.05. The minimum Gasteiger partial charge on any atom is -0.490 e. The van der Waals surface area contributed by atoms with Crippen LogP contribution in [0.5, 0.6) is 5.75 Å². The predicted molar refractivity (Wildman–Crippen MR) is 72.7 cm³/mol. The molecule has 1 amide bonds. The molecule has 20 heavy (non-hydrogen) atoms. The number of carbonyl (C=O) groups excluding carboxylic acids is 1. The summed E-state index contributed by atoms with van der Waals surface area (Å²) in [7, 11) is 1.35. The van der Waals surface area contributed by atoms with E-state index in [0.29, 0.717) is 12.5 Å². The molecule has 0 aliphatic heterocycles. The van der Waals surface area contributed by atoms with Crippen molar-refractivity contribution in [3.8, 4) is 5.75 Å². The standard InChI is InChI=1S/C13H17N3O4/c1-20-12-5-4-9(6-11(12)16(18)19)13(17)15-10(7-14)8-2-3-8/h4-6,8,10H,2-3,7,14H2,1H3,(H,15,17). The first-order chi connectivity index (χ1) is 9.56. The van der Waals surface area contributed by atoms with Gasteiger partial charge in [0.25, 0.3) is 5.91 Å². The minimum atomic E-state index is -0.573. The van der Waals surface area contributed by atoms with Gasteiger partial charge in [-0.3, -0.25) is 14.9 Å². The van der Waals surface area contributed by atoms with Gasteiger partial charge < -0.3 is 15.8 Å². The Bertz CT molecular complexity index is 528. The molecule has 7 nitrogen and oxygen atoms in total. The summed E-state index contributed by atoms with van der Waals surface area (Å²) in [6.45, 7) is 0.370. The molecule has 7 heteroatoms. The molecule has 0 radical (unpaired) electrons. The van der Waals surface area contributed by atoms with Gasteiger partial charge >= 0.3 is 5.69 Å². The first kappa shape index (κ1) is 14.3. The van der Waals surface area contributed by atoms with E-state index in [1.165, 1.54) is 25.3 Å². The first-order valence-corrected chi connectivity index (χ1v) is 6.40. The molecule has 1 saturated carbocycles. The molecular formula is C13H17N3O4. The molecule has 1 unspecified atom stereocenters. The number of amides is 1. The monoisotopic (exact) mass is 279 g/mol. The molecule has 0 spiro atoms. The van der Waals surface area contributed by atoms with Crippen LogP contribution in [0.4, 0.5) is 5.69 Å². The predicted octanol–water partition coefficient (Wildman–Crippen LogP) is 1.07. The third-order valence-corrected chi connectivity index (χ3v) is 3.40. The molecule has 108 valence electrons. The highest BCUT2D eigenvalue weighted by molar-refractivity contribution is 5.95. The highest BCUT2D eigenvalue weighted by Crippen LogP contribution is 2.32. The number of methoxy groups -OCH3 is 1. The summed E-state index contributed by atoms with van der Waals surface area (Å²) in [6.07, 6.45) is 2.12. The van der Waals surface area contributed by atoms with Crippen molar-refractivity contribution in [2.45, 2.75) is 18.9 Å². The number of benzene rings is 1. The fraction of sp³-hybridized carbons (Fsp3) is 0.462. The number of nitro benzene ring substituents is 1. The molecule has 1 aromatic carbocycles. The zero-order chi connectivity index (χ0) is 14.7. The zero-order valence-corrected chi connectivity index (χ0v) is 11.2. The normalized spacial score (nSPS) is 15.5. The van der Waals surface area contributed by atoms with Crippen LogP contribution in [0.2, 0.25) is 0 Å². The maximum Gasteiger partial charge on any atom is 0.311 e. The van der Waals surface area contributed by atoms with Crippen LogP contribution in [-0.2, 0) is 0 Å². The summed E-state index contributed by atoms with van der Waals surface area (Å²) in [5.74, 6) is 0.208. The smallest absolute Gasteiger partial charge is 0.311 e. The number of rotatable bonds is 6. The lowest BCUT2D eigenvalue weighted by Gasteiger charge is -2.16. The molecule has 3 N–H and O–H groups in total. The number of nitrogens with one attached hydrogen (secondary N) is 1. The van der Waals surface area contributed by atoms with Crippen LogP contribution < -0.4 is 15.8 Å². The molecule has 2 rings (SSSR count). The van der Waals surface area contributed by atoms with E-state index in [0.717, 1.165) is 12.8 Å². The van der Waals surface area contributed by atoms with Crippen molar-refractivity contribution in [3.63, 3.8) is 0 Å². The van der Waals surface area contributed by atoms with Gasteiger partial charge in [-0.1, -0.05) is 0 Å². The number of nitrogens with zero attached hydrogens (tertiary/aromatic N) is 1. The van der Waals surface area contributed by atoms with Crippen LogP contribution in [0.25, 0.3) is 0 Å². The van der Waals surface area contributed by atoms with Gasteiger partial charge in [0, 0.05) is 24.2 Å². The van der Waals surface area contributed by atoms with Crippen molar-refractivity contribution in [2.24, 2.45) is 11.7 Å². The highest BCUT2D eigenvalue weighted by Gasteiger charge is 2.31. The van der Waals surface area contributed by atoms with Gasteiger partial charge in [0.05, 0.1) is 12.0 Å². The first-order valence-electron chi connectivity index (χ1n) is 6.40. The summed E-state index contributed by atoms with van der Waals surface area (Å²) < 4.78 is 4.90. The largest absolute Gasteiger partial charge is 0.490 e. The molecule has 0 heterocycles. The van der Waals surface area contributed by atoms with Gasteiger partial charge in [-0.05, 0) is 30.9 Å². The van der Waals surface area contributed by atoms with Crippen LogP contribution >= 0.6 is 0 Å². The summed E-state index contributed by atoms with van der Waals surface area (Å²) >= 11 is 0. The number of ether oxygens (including phenoxy) is 1. The van der Waals surface area contributed by atoms with Gasteiger partial charge in [0.1, 0.15) is 0 Å². The Morgan fingerprint density at radius 2 is 2.30 bits per heavy atom. The van der Waals surface area contributed by atoms with Crippen LogP contribution in [0, 0.1) is 16.0 Å². The SMILES string of the molecule is COc1ccc(C(=O)NC(CN)C2CC2)cc1[N+](=O)[O-]. The van der Waals surface area contributed by atoms with Crippen LogP contribution in [0.3, 0.4) is 0 Å². The third-order valence-electron chi connectivity index (χ3n) is 3.40. The second kappa shape index (κ2) is 5.87. The summed E-state index contributed by atoms with van der Waals surface area (Å²) in [5, 5.41) is 13.7. The Balaban J connectivity index is 2.17. The van der Waals surface area contributed by atoms with E-state index in [2.05, 4.69) is 5.32 Å². The lowest BCUT2D eigenvalue weighted by Crippen LogP contribution is -2.41. The Morgan fingerprint density at radius 3 is 2.80 bits per heavy atom. The lowest BCUT2D eigenvalue weighted by molar-refractivity contribution is -0.385. The van der Waals surface area contributed by atoms with Crippen molar-refractivity contribution in [1.29, 1.82) is 0 Å². The van der Waals surface area contributed by atoms with Crippen LogP contribution in [0.1, 0.15) is 23.2 Å². The number of hydrogen-bond donors (Lipinski definition) is 2. The molecule has 0 saturated heterocycles. The molecule has 1 aromatic rings. The molecule has 0 aromatic heterocycles. The molecule has 0 bridgehead atoms. The molecular weight excluding hydrogens is 262 g/mol. The Morgan fingerprint density at radius 1 is 1.60 bits per heavy atom. The van der Waals surface area contributed by atoms with Gasteiger partial charge in [-0.25, -0.2) is 0 Å². The van der Waals surface area contributed by atoms with E-state index in [1.807, 2.05) is 0 Å². The topological polar surface area (TPSA) is 107 Å². The summed E-state index contributed by atoms with van der Waals surface area (Å²) in [5.41, 5.74) is 5.63. The van der Waals surface area contributed by atoms with Gasteiger partial charge in [-0.15, -0.1) is 0 Å². The van der Waals surface area contributed by atoms with Crippen molar-refractivity contribution in [2.75, 3.05) is 13.7 Å². The fourth-order valence-electron chi connectivity index (χ4n) is 2.09. The fourth-order valence-corrected chi connectivity index (χ4v) is 2.09. The zero-order valence-electron chi connectivity index (χ0n) is 11.2. The van der Waals surface area contributed by atoms with Crippen molar-refractivity contribution < 1.29 is 14.5 Å². The van der Waals surface area contributed by atoms with Crippen molar-refractivity contribution >= 4 is 11.6 Å². The number of carbonyl (C=O) groups is 1. The minimum absolute atomic E-state index is 0.0661. The van der Waals surface area contributed by atoms with Crippen molar-refractivity contribution in [3.05, 3.63) is 33.9 Å². The van der Waals surface area contributed by atoms with E-state index >= 15 is 0 Å². The molecule has 1 aliphatic carbocycles. The van der Waals surface area contributed by atoms with Crippen LogP contribution in [-0.4, -0.2) is 30.5 Å². The average Bonchev–Trinajstić information content (AvgIpc) is 3.28. The highest BCUT2D eigenvalue weighted by atomic mass is 16.6. The quantitative estimate of drug-likeness (QED) is 0.598. The summed E-state index contributed by atoms with van der Waals surface area (Å²) in [6, 6.07) is 4.07. The Kier molecular flexibility index (Phi) is 4.19. The van der Waals surface area contributed by atoms with E-state index in [1.54, 1.807) is 0 Å². The average molecular weight is 279 g/mol. The van der Waals surface area contributed by atoms with E-state index < -0.39 is 4.92 Å². The second-order valence-electron chi connectivity index (χ2n) is 4.80. The van der Waals surface area contributed by atoms with Gasteiger partial charge in [-0.2, -0.15) is 0 Å². The second-order valence-corrected chi connectivity index (χ2v) is 4.80. The van der Waals surface area contributed by atoms with E-state index in [9.17, 15) is 14.9 Å². The van der Waals surface area contributed by atoms with E-state index in [4.69, 9.17) is 10.5 Å². The number of nitrogens with two attached hydrogens (primary N) is 1. The molecule has 1 atom stereocenters. The molecule has 1 fully saturated rings. The van der Waals surface area contributed by atoms with Gasteiger partial charge in [0.2, 0.25) is 0 Å². The lowest BCUT2D eigenvalue weighted by atomic mass is 10.1. The summed E-state index contributed by atoms with van der Waals surface area (Å²) in [4.78, 5) is 22.4. The van der Waals surface area contributed by atoms with E-state index in [-0.39, 0.29) is 28.9 Å². The molecule has 1 aliphatic rings. The Hall–Kier alpha value is -2.15. The van der Waals surface area contributed by atoms with Crippen molar-refractivity contribution in [1.82, 2.24) is 5.32 Å². The maximum atomic E-state index is 12.1. The Labute approximate surface area is 116 Å².